The summed E-state index contributed by atoms with van der Waals surface area (Å²) in [7, 11) is 0. The van der Waals surface area contributed by atoms with E-state index in [1.54, 1.807) is 0 Å². The van der Waals surface area contributed by atoms with Crippen molar-refractivity contribution < 1.29 is 0 Å². The minimum Gasteiger partial charge on any atom is -0.247 e. The lowest BCUT2D eigenvalue weighted by molar-refractivity contribution is 1.18. The molecule has 0 aliphatic heterocycles. The minimum absolute atomic E-state index is 0.708. The van der Waals surface area contributed by atoms with E-state index >= 15 is 0 Å². The Morgan fingerprint density at radius 2 is 0.825 bits per heavy atom. The second-order valence-electron chi connectivity index (χ2n) is 14.3. The number of pyridine rings is 1. The van der Waals surface area contributed by atoms with E-state index in [0.29, 0.717) is 5.82 Å². The molecule has 0 spiro atoms. The molecule has 8 aromatic carbocycles. The van der Waals surface area contributed by atoms with Crippen LogP contribution >= 0.6 is 11.3 Å². The molecule has 266 valence electrons. The highest BCUT2D eigenvalue weighted by atomic mass is 32.1. The number of aromatic nitrogens is 3. The van der Waals surface area contributed by atoms with E-state index in [1.165, 1.54) is 58.6 Å². The SMILES string of the molecule is c1ccc(-c2ccc(-c3cc(-c4ccc(-c5cccc6c5sc5c6ccc6c(-c7ccccc7)nc7ccccc7c65)cc4)nc(-c4ccccc4)n3)cc2)cc1. The maximum atomic E-state index is 5.19. The fraction of sp³-hybridized carbons (Fsp3) is 0. The van der Waals surface area contributed by atoms with Crippen molar-refractivity contribution in [1.82, 2.24) is 15.0 Å². The lowest BCUT2D eigenvalue weighted by Gasteiger charge is -2.11. The molecule has 11 rings (SSSR count). The molecule has 0 saturated heterocycles. The predicted molar refractivity (Wildman–Crippen MR) is 240 cm³/mol. The van der Waals surface area contributed by atoms with Crippen LogP contribution in [0.3, 0.4) is 0 Å². The van der Waals surface area contributed by atoms with Gasteiger partial charge in [-0.25, -0.2) is 15.0 Å². The van der Waals surface area contributed by atoms with Crippen LogP contribution in [0.2, 0.25) is 0 Å². The van der Waals surface area contributed by atoms with Crippen LogP contribution in [0.4, 0.5) is 0 Å². The Morgan fingerprint density at radius 3 is 1.51 bits per heavy atom. The molecule has 0 amide bonds. The summed E-state index contributed by atoms with van der Waals surface area (Å²) < 4.78 is 2.57. The highest BCUT2D eigenvalue weighted by molar-refractivity contribution is 7.27. The summed E-state index contributed by atoms with van der Waals surface area (Å²) in [4.78, 5) is 15.4. The molecule has 3 heterocycles. The fourth-order valence-electron chi connectivity index (χ4n) is 8.08. The third-order valence-electron chi connectivity index (χ3n) is 10.9. The number of thiophene rings is 1. The van der Waals surface area contributed by atoms with Gasteiger partial charge in [0.1, 0.15) is 0 Å². The maximum absolute atomic E-state index is 5.19. The third-order valence-corrected chi connectivity index (χ3v) is 12.2. The molecule has 0 aliphatic rings. The van der Waals surface area contributed by atoms with Gasteiger partial charge in [-0.1, -0.05) is 188 Å². The summed E-state index contributed by atoms with van der Waals surface area (Å²) >= 11 is 1.88. The van der Waals surface area contributed by atoms with Gasteiger partial charge in [0.15, 0.2) is 5.82 Å². The van der Waals surface area contributed by atoms with E-state index < -0.39 is 0 Å². The highest BCUT2D eigenvalue weighted by Gasteiger charge is 2.18. The zero-order valence-electron chi connectivity index (χ0n) is 30.8. The molecular formula is C53H33N3S. The molecule has 57 heavy (non-hydrogen) atoms. The van der Waals surface area contributed by atoms with Crippen molar-refractivity contribution in [3.05, 3.63) is 200 Å². The lowest BCUT2D eigenvalue weighted by Crippen LogP contribution is -1.96. The first-order valence-electron chi connectivity index (χ1n) is 19.2. The van der Waals surface area contributed by atoms with Crippen LogP contribution in [0.5, 0.6) is 0 Å². The molecular weight excluding hydrogens is 711 g/mol. The van der Waals surface area contributed by atoms with Gasteiger partial charge in [0.25, 0.3) is 0 Å². The van der Waals surface area contributed by atoms with Gasteiger partial charge in [0.05, 0.1) is 22.6 Å². The third kappa shape index (κ3) is 5.86. The molecule has 0 atom stereocenters. The number of benzene rings is 8. The Hall–Kier alpha value is -7.27. The van der Waals surface area contributed by atoms with Gasteiger partial charge < -0.3 is 0 Å². The van der Waals surface area contributed by atoms with E-state index in [2.05, 4.69) is 176 Å². The van der Waals surface area contributed by atoms with Crippen LogP contribution in [0.25, 0.3) is 109 Å². The first-order valence-corrected chi connectivity index (χ1v) is 20.0. The van der Waals surface area contributed by atoms with Gasteiger partial charge in [-0.15, -0.1) is 11.3 Å². The van der Waals surface area contributed by atoms with Crippen molar-refractivity contribution >= 4 is 53.2 Å². The van der Waals surface area contributed by atoms with Gasteiger partial charge in [-0.05, 0) is 34.4 Å². The molecule has 0 saturated carbocycles. The molecule has 4 heteroatoms. The van der Waals surface area contributed by atoms with Crippen molar-refractivity contribution in [2.45, 2.75) is 0 Å². The molecule has 0 unspecified atom stereocenters. The van der Waals surface area contributed by atoms with E-state index in [0.717, 1.165) is 44.9 Å². The molecule has 0 bridgehead atoms. The summed E-state index contributed by atoms with van der Waals surface area (Å²) in [6.07, 6.45) is 0. The Labute approximate surface area is 334 Å². The minimum atomic E-state index is 0.708. The summed E-state index contributed by atoms with van der Waals surface area (Å²) in [5, 5.41) is 6.17. The Balaban J connectivity index is 1.02. The zero-order chi connectivity index (χ0) is 37.7. The van der Waals surface area contributed by atoms with Crippen LogP contribution in [-0.2, 0) is 0 Å². The number of nitrogens with zero attached hydrogens (tertiary/aromatic N) is 3. The van der Waals surface area contributed by atoms with Gasteiger partial charge in [0.2, 0.25) is 0 Å². The fourth-order valence-corrected chi connectivity index (χ4v) is 9.48. The summed E-state index contributed by atoms with van der Waals surface area (Å²) in [5.74, 6) is 0.708. The van der Waals surface area contributed by atoms with Gasteiger partial charge in [0, 0.05) is 58.6 Å². The molecule has 11 aromatic rings. The maximum Gasteiger partial charge on any atom is 0.160 e. The van der Waals surface area contributed by atoms with Crippen molar-refractivity contribution in [1.29, 1.82) is 0 Å². The smallest absolute Gasteiger partial charge is 0.160 e. The number of rotatable bonds is 6. The monoisotopic (exact) mass is 743 g/mol. The Morgan fingerprint density at radius 1 is 0.316 bits per heavy atom. The molecule has 3 nitrogen and oxygen atoms in total. The average Bonchev–Trinajstić information content (AvgIpc) is 3.69. The summed E-state index contributed by atoms with van der Waals surface area (Å²) in [5.41, 5.74) is 12.8. The second kappa shape index (κ2) is 13.8. The van der Waals surface area contributed by atoms with Crippen LogP contribution in [-0.4, -0.2) is 15.0 Å². The Kier molecular flexibility index (Phi) is 8.01. The molecule has 3 aromatic heterocycles. The van der Waals surface area contributed by atoms with Crippen LogP contribution in [0.1, 0.15) is 0 Å². The molecule has 0 fully saturated rings. The first kappa shape index (κ1) is 33.1. The normalized spacial score (nSPS) is 11.5. The first-order chi connectivity index (χ1) is 28.2. The second-order valence-corrected chi connectivity index (χ2v) is 15.4. The van der Waals surface area contributed by atoms with Gasteiger partial charge >= 0.3 is 0 Å². The summed E-state index contributed by atoms with van der Waals surface area (Å²) in [6, 6.07) is 70.7. The topological polar surface area (TPSA) is 38.7 Å². The molecule has 0 radical (unpaired) electrons. The van der Waals surface area contributed by atoms with Crippen LogP contribution < -0.4 is 0 Å². The van der Waals surface area contributed by atoms with Crippen molar-refractivity contribution in [3.8, 4) is 67.4 Å². The largest absolute Gasteiger partial charge is 0.247 e. The van der Waals surface area contributed by atoms with E-state index in [-0.39, 0.29) is 0 Å². The van der Waals surface area contributed by atoms with Crippen LogP contribution in [0.15, 0.2) is 200 Å². The number of para-hydroxylation sites is 1. The van der Waals surface area contributed by atoms with Crippen LogP contribution in [0, 0.1) is 0 Å². The Bertz CT molecular complexity index is 3250. The van der Waals surface area contributed by atoms with Gasteiger partial charge in [-0.3, -0.25) is 0 Å². The zero-order valence-corrected chi connectivity index (χ0v) is 31.6. The number of hydrogen-bond acceptors (Lipinski definition) is 4. The van der Waals surface area contributed by atoms with Gasteiger partial charge in [-0.2, -0.15) is 0 Å². The van der Waals surface area contributed by atoms with Crippen molar-refractivity contribution in [2.24, 2.45) is 0 Å². The standard InChI is InChI=1S/C53H33N3S/c1-4-13-34(14-5-1)35-23-27-37(28-24-35)47-33-48(56-53(55-47)40-17-8-3-9-18-40)38-29-25-36(26-30-38)41-20-12-21-42-43-31-32-45-49(52(43)57-51(41)42)44-19-10-11-22-46(44)54-50(45)39-15-6-2-7-16-39/h1-33H. The van der Waals surface area contributed by atoms with E-state index in [9.17, 15) is 0 Å². The quantitative estimate of drug-likeness (QED) is 0.159. The molecule has 0 aliphatic carbocycles. The summed E-state index contributed by atoms with van der Waals surface area (Å²) in [6.45, 7) is 0. The number of fused-ring (bicyclic) bond motifs is 7. The van der Waals surface area contributed by atoms with Crippen molar-refractivity contribution in [2.75, 3.05) is 0 Å². The number of hydrogen-bond donors (Lipinski definition) is 0. The highest BCUT2D eigenvalue weighted by Crippen LogP contribution is 2.46. The molecule has 0 N–H and O–H groups in total. The average molecular weight is 744 g/mol. The lowest BCUT2D eigenvalue weighted by atomic mass is 9.97. The van der Waals surface area contributed by atoms with Crippen molar-refractivity contribution in [3.63, 3.8) is 0 Å². The predicted octanol–water partition coefficient (Wildman–Crippen LogP) is 14.5. The van der Waals surface area contributed by atoms with E-state index in [1.807, 2.05) is 35.6 Å². The van der Waals surface area contributed by atoms with E-state index in [4.69, 9.17) is 15.0 Å².